The lowest BCUT2D eigenvalue weighted by Crippen LogP contribution is -2.31. The van der Waals surface area contributed by atoms with Crippen molar-refractivity contribution in [3.05, 3.63) is 59.7 Å². The van der Waals surface area contributed by atoms with Crippen LogP contribution in [0.1, 0.15) is 30.9 Å². The predicted molar refractivity (Wildman–Crippen MR) is 117 cm³/mol. The average Bonchev–Trinajstić information content (AvgIpc) is 2.76. The summed E-state index contributed by atoms with van der Waals surface area (Å²) >= 11 is 0. The molecular weight excluding hydrogens is 382 g/mol. The minimum Gasteiger partial charge on any atom is -0.493 e. The smallest absolute Gasteiger partial charge is 0.249 e. The summed E-state index contributed by atoms with van der Waals surface area (Å²) in [4.78, 5) is 23.9. The zero-order chi connectivity index (χ0) is 21.8. The van der Waals surface area contributed by atoms with Crippen LogP contribution in [0, 0.1) is 0 Å². The average molecular weight is 412 g/mol. The van der Waals surface area contributed by atoms with E-state index in [1.807, 2.05) is 43.3 Å². The number of carbonyl (C=O) groups excluding carboxylic acids is 2. The Morgan fingerprint density at radius 2 is 1.63 bits per heavy atom. The van der Waals surface area contributed by atoms with Crippen LogP contribution in [0.2, 0.25) is 0 Å². The number of methoxy groups -OCH3 is 2. The molecule has 0 spiro atoms. The zero-order valence-electron chi connectivity index (χ0n) is 17.7. The van der Waals surface area contributed by atoms with Crippen molar-refractivity contribution in [1.29, 1.82) is 0 Å². The first-order valence-corrected chi connectivity index (χ1v) is 9.85. The molecule has 0 aliphatic heterocycles. The number of ether oxygens (including phenoxy) is 2. The molecule has 30 heavy (non-hydrogen) atoms. The lowest BCUT2D eigenvalue weighted by molar-refractivity contribution is -0.129. The summed E-state index contributed by atoms with van der Waals surface area (Å²) in [6, 6.07) is 15.7. The zero-order valence-corrected chi connectivity index (χ0v) is 17.7. The monoisotopic (exact) mass is 411 g/mol. The normalized spacial score (nSPS) is 11.0. The number of nitrogens with zero attached hydrogens (tertiary/aromatic N) is 1. The second-order valence-corrected chi connectivity index (χ2v) is 6.83. The summed E-state index contributed by atoms with van der Waals surface area (Å²) in [6.07, 6.45) is 1.94. The van der Waals surface area contributed by atoms with E-state index in [9.17, 15) is 9.59 Å². The first kappa shape index (κ1) is 22.9. The highest BCUT2D eigenvalue weighted by Gasteiger charge is 2.09. The maximum absolute atomic E-state index is 12.0. The van der Waals surface area contributed by atoms with Crippen molar-refractivity contribution in [3.63, 3.8) is 0 Å². The van der Waals surface area contributed by atoms with E-state index in [-0.39, 0.29) is 12.3 Å². The second kappa shape index (κ2) is 12.3. The van der Waals surface area contributed by atoms with E-state index in [1.54, 1.807) is 14.2 Å². The Balaban J connectivity index is 1.68. The number of aryl methyl sites for hydroxylation is 1. The van der Waals surface area contributed by atoms with Gasteiger partial charge in [0.1, 0.15) is 6.42 Å². The van der Waals surface area contributed by atoms with E-state index < -0.39 is 5.91 Å². The third-order valence-electron chi connectivity index (χ3n) is 4.49. The third-order valence-corrected chi connectivity index (χ3v) is 4.49. The fraction of sp³-hybridized carbons (Fsp3) is 0.348. The molecule has 2 rings (SSSR count). The predicted octanol–water partition coefficient (Wildman–Crippen LogP) is 2.88. The fourth-order valence-electron chi connectivity index (χ4n) is 2.81. The second-order valence-electron chi connectivity index (χ2n) is 6.83. The van der Waals surface area contributed by atoms with Gasteiger partial charge in [-0.25, -0.2) is 5.43 Å². The van der Waals surface area contributed by atoms with Crippen LogP contribution in [-0.2, 0) is 22.4 Å². The highest BCUT2D eigenvalue weighted by atomic mass is 16.5. The van der Waals surface area contributed by atoms with Crippen molar-refractivity contribution >= 4 is 17.5 Å². The van der Waals surface area contributed by atoms with E-state index in [1.165, 1.54) is 5.56 Å². The molecule has 0 saturated carbocycles. The minimum absolute atomic E-state index is 0.263. The summed E-state index contributed by atoms with van der Waals surface area (Å²) in [5, 5.41) is 6.81. The van der Waals surface area contributed by atoms with Crippen LogP contribution < -0.4 is 20.2 Å². The third kappa shape index (κ3) is 7.95. The molecule has 7 heteroatoms. The van der Waals surface area contributed by atoms with Gasteiger partial charge in [-0.05, 0) is 49.4 Å². The molecule has 160 valence electrons. The Hall–Kier alpha value is -3.35. The highest BCUT2D eigenvalue weighted by Crippen LogP contribution is 2.27. The Kier molecular flexibility index (Phi) is 9.37. The van der Waals surface area contributed by atoms with Crippen LogP contribution in [0.5, 0.6) is 11.5 Å². The number of hydrogen-bond donors (Lipinski definition) is 2. The van der Waals surface area contributed by atoms with Gasteiger partial charge >= 0.3 is 0 Å². The van der Waals surface area contributed by atoms with Crippen molar-refractivity contribution in [2.24, 2.45) is 5.10 Å². The maximum Gasteiger partial charge on any atom is 0.249 e. The quantitative estimate of drug-likeness (QED) is 0.338. The number of hydrogen-bond acceptors (Lipinski definition) is 5. The van der Waals surface area contributed by atoms with Crippen molar-refractivity contribution in [3.8, 4) is 11.5 Å². The molecule has 0 bridgehead atoms. The highest BCUT2D eigenvalue weighted by molar-refractivity contribution is 5.97. The van der Waals surface area contributed by atoms with E-state index in [0.29, 0.717) is 24.5 Å². The van der Waals surface area contributed by atoms with E-state index >= 15 is 0 Å². The number of hydrazone groups is 1. The summed E-state index contributed by atoms with van der Waals surface area (Å²) in [7, 11) is 3.16. The molecule has 0 unspecified atom stereocenters. The number of carbonyl (C=O) groups is 2. The Morgan fingerprint density at radius 1 is 0.900 bits per heavy atom. The Labute approximate surface area is 177 Å². The molecule has 2 N–H and O–H groups in total. The Morgan fingerprint density at radius 3 is 2.33 bits per heavy atom. The lowest BCUT2D eigenvalue weighted by Gasteiger charge is -2.10. The number of benzene rings is 2. The molecule has 2 aromatic carbocycles. The fourth-order valence-corrected chi connectivity index (χ4v) is 2.81. The Bertz CT molecular complexity index is 866. The van der Waals surface area contributed by atoms with Gasteiger partial charge in [-0.1, -0.05) is 36.4 Å². The lowest BCUT2D eigenvalue weighted by atomic mass is 10.1. The van der Waals surface area contributed by atoms with Crippen LogP contribution in [0.25, 0.3) is 0 Å². The molecule has 0 heterocycles. The first-order chi connectivity index (χ1) is 14.5. The van der Waals surface area contributed by atoms with Crippen molar-refractivity contribution in [2.75, 3.05) is 20.8 Å². The van der Waals surface area contributed by atoms with E-state index in [0.717, 1.165) is 24.1 Å². The molecule has 2 amide bonds. The summed E-state index contributed by atoms with van der Waals surface area (Å²) in [5.74, 6) is 0.519. The largest absolute Gasteiger partial charge is 0.493 e. The van der Waals surface area contributed by atoms with Crippen molar-refractivity contribution in [1.82, 2.24) is 10.7 Å². The minimum atomic E-state index is -0.433. The molecule has 0 fully saturated rings. The topological polar surface area (TPSA) is 89.0 Å². The van der Waals surface area contributed by atoms with Gasteiger partial charge in [0.05, 0.1) is 14.2 Å². The van der Waals surface area contributed by atoms with E-state index in [4.69, 9.17) is 9.47 Å². The summed E-state index contributed by atoms with van der Waals surface area (Å²) in [5.41, 5.74) is 5.46. The molecule has 0 aliphatic carbocycles. The standard InChI is InChI=1S/C23H29N3O4/c1-17(9-10-18-7-5-4-6-8-18)25-26-23(28)16-22(27)24-14-13-19-11-12-20(29-2)21(15-19)30-3/h4-8,11-12,15H,9-10,13-14,16H2,1-3H3,(H,24,27)(H,26,28)/b25-17-. The number of amides is 2. The van der Waals surface area contributed by atoms with Crippen LogP contribution in [0.15, 0.2) is 53.6 Å². The molecule has 7 nitrogen and oxygen atoms in total. The number of rotatable bonds is 11. The van der Waals surface area contributed by atoms with Crippen molar-refractivity contribution in [2.45, 2.75) is 32.6 Å². The molecule has 0 radical (unpaired) electrons. The van der Waals surface area contributed by atoms with Gasteiger partial charge in [0.25, 0.3) is 0 Å². The molecule has 0 aromatic heterocycles. The van der Waals surface area contributed by atoms with Crippen LogP contribution in [-0.4, -0.2) is 38.3 Å². The van der Waals surface area contributed by atoms with Gasteiger partial charge in [0, 0.05) is 12.3 Å². The van der Waals surface area contributed by atoms with Crippen molar-refractivity contribution < 1.29 is 19.1 Å². The molecule has 0 aliphatic rings. The molecular formula is C23H29N3O4. The van der Waals surface area contributed by atoms with Gasteiger partial charge in [-0.2, -0.15) is 5.10 Å². The number of nitrogens with one attached hydrogen (secondary N) is 2. The van der Waals surface area contributed by atoms with Crippen LogP contribution in [0.3, 0.4) is 0 Å². The molecule has 0 saturated heterocycles. The van der Waals surface area contributed by atoms with Gasteiger partial charge in [-0.15, -0.1) is 0 Å². The first-order valence-electron chi connectivity index (χ1n) is 9.85. The van der Waals surface area contributed by atoms with Gasteiger partial charge in [0.2, 0.25) is 11.8 Å². The van der Waals surface area contributed by atoms with Crippen LogP contribution >= 0.6 is 0 Å². The van der Waals surface area contributed by atoms with E-state index in [2.05, 4.69) is 28.0 Å². The molecule has 0 atom stereocenters. The van der Waals surface area contributed by atoms with Gasteiger partial charge in [0.15, 0.2) is 11.5 Å². The van der Waals surface area contributed by atoms with Gasteiger partial charge in [-0.3, -0.25) is 9.59 Å². The van der Waals surface area contributed by atoms with Gasteiger partial charge < -0.3 is 14.8 Å². The SMILES string of the molecule is COc1ccc(CCNC(=O)CC(=O)N/N=C(/C)CCc2ccccc2)cc1OC. The maximum atomic E-state index is 12.0. The molecule has 2 aromatic rings. The van der Waals surface area contributed by atoms with Crippen LogP contribution in [0.4, 0.5) is 0 Å². The summed E-state index contributed by atoms with van der Waals surface area (Å²) in [6.45, 7) is 2.27. The summed E-state index contributed by atoms with van der Waals surface area (Å²) < 4.78 is 10.5.